The Bertz CT molecular complexity index is 702. The number of sulfonamides is 1. The highest BCUT2D eigenvalue weighted by Crippen LogP contribution is 2.25. The third kappa shape index (κ3) is 3.40. The molecule has 0 spiro atoms. The molecule has 0 saturated heterocycles. The summed E-state index contributed by atoms with van der Waals surface area (Å²) in [5.41, 5.74) is 6.60. The van der Waals surface area contributed by atoms with Gasteiger partial charge in [-0.2, -0.15) is 0 Å². The zero-order valence-electron chi connectivity index (χ0n) is 9.60. The fraction of sp³-hybridized carbons (Fsp3) is 0. The Balaban J connectivity index is 2.30. The van der Waals surface area contributed by atoms with Gasteiger partial charge in [-0.3, -0.25) is 4.72 Å². The Morgan fingerprint density at radius 3 is 2.32 bits per heavy atom. The topological polar surface area (TPSA) is 72.2 Å². The molecule has 2 aromatic carbocycles. The fourth-order valence-electron chi connectivity index (χ4n) is 1.42. The summed E-state index contributed by atoms with van der Waals surface area (Å²) < 4.78 is 27.3. The van der Waals surface area contributed by atoms with Crippen molar-refractivity contribution in [3.05, 3.63) is 52.0 Å². The fourth-order valence-corrected chi connectivity index (χ4v) is 2.97. The van der Waals surface area contributed by atoms with E-state index in [1.165, 1.54) is 24.3 Å². The molecule has 0 saturated carbocycles. The average Bonchev–Trinajstić information content (AvgIpc) is 2.34. The monoisotopic (exact) mass is 360 g/mol. The van der Waals surface area contributed by atoms with Crippen molar-refractivity contribution >= 4 is 48.9 Å². The van der Waals surface area contributed by atoms with Gasteiger partial charge in [-0.1, -0.05) is 11.6 Å². The van der Waals surface area contributed by atoms with Crippen LogP contribution in [-0.2, 0) is 10.0 Å². The highest BCUT2D eigenvalue weighted by Gasteiger charge is 2.14. The molecule has 0 aliphatic rings. The maximum absolute atomic E-state index is 12.1. The molecule has 19 heavy (non-hydrogen) atoms. The molecule has 0 atom stereocenters. The lowest BCUT2D eigenvalue weighted by Crippen LogP contribution is -2.12. The predicted molar refractivity (Wildman–Crippen MR) is 80.8 cm³/mol. The molecule has 0 unspecified atom stereocenters. The van der Waals surface area contributed by atoms with Crippen molar-refractivity contribution in [2.75, 3.05) is 10.5 Å². The molecule has 3 N–H and O–H groups in total. The van der Waals surface area contributed by atoms with Crippen molar-refractivity contribution in [1.29, 1.82) is 0 Å². The lowest BCUT2D eigenvalue weighted by molar-refractivity contribution is 0.601. The maximum Gasteiger partial charge on any atom is 0.261 e. The van der Waals surface area contributed by atoms with Crippen molar-refractivity contribution in [1.82, 2.24) is 0 Å². The van der Waals surface area contributed by atoms with Crippen molar-refractivity contribution < 1.29 is 8.42 Å². The van der Waals surface area contributed by atoms with Gasteiger partial charge in [0.1, 0.15) is 0 Å². The van der Waals surface area contributed by atoms with E-state index in [1.807, 2.05) is 0 Å². The molecule has 100 valence electrons. The minimum absolute atomic E-state index is 0.143. The molecule has 2 rings (SSSR count). The van der Waals surface area contributed by atoms with Gasteiger partial charge in [0.2, 0.25) is 0 Å². The van der Waals surface area contributed by atoms with E-state index in [-0.39, 0.29) is 4.90 Å². The molecule has 2 aromatic rings. The van der Waals surface area contributed by atoms with Crippen LogP contribution in [0.2, 0.25) is 5.02 Å². The second-order valence-corrected chi connectivity index (χ2v) is 6.77. The zero-order valence-corrected chi connectivity index (χ0v) is 12.8. The summed E-state index contributed by atoms with van der Waals surface area (Å²) in [6.45, 7) is 0. The van der Waals surface area contributed by atoms with Crippen LogP contribution in [-0.4, -0.2) is 8.42 Å². The summed E-state index contributed by atoms with van der Waals surface area (Å²) in [6, 6.07) is 10.7. The third-order valence-corrected chi connectivity index (χ3v) is 4.71. The largest absolute Gasteiger partial charge is 0.398 e. The van der Waals surface area contributed by atoms with E-state index < -0.39 is 10.0 Å². The van der Waals surface area contributed by atoms with Crippen LogP contribution in [0, 0.1) is 0 Å². The van der Waals surface area contributed by atoms with E-state index >= 15 is 0 Å². The molecule has 0 heterocycles. The summed E-state index contributed by atoms with van der Waals surface area (Å²) in [5.74, 6) is 0. The van der Waals surface area contributed by atoms with Crippen LogP contribution >= 0.6 is 27.5 Å². The first-order valence-corrected chi connectivity index (χ1v) is 7.87. The van der Waals surface area contributed by atoms with Crippen LogP contribution in [0.25, 0.3) is 0 Å². The predicted octanol–water partition coefficient (Wildman–Crippen LogP) is 3.49. The zero-order chi connectivity index (χ0) is 14.0. The molecule has 0 fully saturated rings. The number of benzene rings is 2. The maximum atomic E-state index is 12.1. The summed E-state index contributed by atoms with van der Waals surface area (Å²) in [6.07, 6.45) is 0. The molecule has 0 amide bonds. The van der Waals surface area contributed by atoms with E-state index in [0.29, 0.717) is 20.9 Å². The number of hydrogen-bond acceptors (Lipinski definition) is 3. The second-order valence-electron chi connectivity index (χ2n) is 3.80. The number of anilines is 2. The minimum atomic E-state index is -3.63. The minimum Gasteiger partial charge on any atom is -0.398 e. The van der Waals surface area contributed by atoms with Crippen molar-refractivity contribution in [3.8, 4) is 0 Å². The van der Waals surface area contributed by atoms with Gasteiger partial charge in [0.15, 0.2) is 0 Å². The molecule has 0 bridgehead atoms. The molecular formula is C12H10BrClN2O2S. The Kier molecular flexibility index (Phi) is 4.03. The first kappa shape index (κ1) is 14.2. The molecular weight excluding hydrogens is 352 g/mol. The van der Waals surface area contributed by atoms with Crippen LogP contribution in [0.5, 0.6) is 0 Å². The quantitative estimate of drug-likeness (QED) is 0.822. The first-order chi connectivity index (χ1) is 8.88. The normalized spacial score (nSPS) is 11.3. The second kappa shape index (κ2) is 5.40. The van der Waals surface area contributed by atoms with Crippen LogP contribution in [0.1, 0.15) is 0 Å². The Labute approximate surface area is 124 Å². The van der Waals surface area contributed by atoms with E-state index in [1.54, 1.807) is 18.2 Å². The number of nitrogens with two attached hydrogens (primary N) is 1. The SMILES string of the molecule is Nc1ccc(NS(=O)(=O)c2ccc(Cl)cc2)cc1Br. The summed E-state index contributed by atoms with van der Waals surface area (Å²) in [5, 5.41) is 0.481. The standard InChI is InChI=1S/C12H10BrClN2O2S/c13-11-7-9(3-6-12(11)15)16-19(17,18)10-4-1-8(14)2-5-10/h1-7,16H,15H2. The van der Waals surface area contributed by atoms with Crippen molar-refractivity contribution in [3.63, 3.8) is 0 Å². The number of nitrogen functional groups attached to an aromatic ring is 1. The van der Waals surface area contributed by atoms with Gasteiger partial charge in [-0.15, -0.1) is 0 Å². The Hall–Kier alpha value is -1.24. The summed E-state index contributed by atoms with van der Waals surface area (Å²) >= 11 is 8.97. The van der Waals surface area contributed by atoms with Gasteiger partial charge in [-0.05, 0) is 58.4 Å². The molecule has 7 heteroatoms. The van der Waals surface area contributed by atoms with Gasteiger partial charge in [0.05, 0.1) is 10.6 Å². The molecule has 4 nitrogen and oxygen atoms in total. The first-order valence-electron chi connectivity index (χ1n) is 5.22. The Morgan fingerprint density at radius 2 is 1.74 bits per heavy atom. The number of nitrogens with one attached hydrogen (secondary N) is 1. The number of rotatable bonds is 3. The van der Waals surface area contributed by atoms with Crippen molar-refractivity contribution in [2.24, 2.45) is 0 Å². The van der Waals surface area contributed by atoms with Gasteiger partial charge in [-0.25, -0.2) is 8.42 Å². The summed E-state index contributed by atoms with van der Waals surface area (Å²) in [7, 11) is -3.63. The van der Waals surface area contributed by atoms with E-state index in [2.05, 4.69) is 20.7 Å². The van der Waals surface area contributed by atoms with E-state index in [0.717, 1.165) is 0 Å². The molecule has 0 aliphatic carbocycles. The summed E-state index contributed by atoms with van der Waals surface area (Å²) in [4.78, 5) is 0.143. The number of hydrogen-bond donors (Lipinski definition) is 2. The lowest BCUT2D eigenvalue weighted by Gasteiger charge is -2.09. The molecule has 0 radical (unpaired) electrons. The highest BCUT2D eigenvalue weighted by molar-refractivity contribution is 9.10. The Morgan fingerprint density at radius 1 is 1.11 bits per heavy atom. The van der Waals surface area contributed by atoms with E-state index in [9.17, 15) is 8.42 Å². The highest BCUT2D eigenvalue weighted by atomic mass is 79.9. The number of halogens is 2. The lowest BCUT2D eigenvalue weighted by atomic mass is 10.3. The van der Waals surface area contributed by atoms with Gasteiger partial charge >= 0.3 is 0 Å². The van der Waals surface area contributed by atoms with Gasteiger partial charge < -0.3 is 5.73 Å². The van der Waals surface area contributed by atoms with Crippen LogP contribution in [0.15, 0.2) is 51.8 Å². The average molecular weight is 362 g/mol. The third-order valence-electron chi connectivity index (χ3n) is 2.38. The van der Waals surface area contributed by atoms with Crippen molar-refractivity contribution in [2.45, 2.75) is 4.90 Å². The van der Waals surface area contributed by atoms with Crippen LogP contribution < -0.4 is 10.5 Å². The molecule has 0 aliphatic heterocycles. The van der Waals surface area contributed by atoms with Gasteiger partial charge in [0.25, 0.3) is 10.0 Å². The van der Waals surface area contributed by atoms with Gasteiger partial charge in [0, 0.05) is 15.2 Å². The van der Waals surface area contributed by atoms with Crippen LogP contribution in [0.4, 0.5) is 11.4 Å². The van der Waals surface area contributed by atoms with Crippen LogP contribution in [0.3, 0.4) is 0 Å². The van der Waals surface area contributed by atoms with E-state index in [4.69, 9.17) is 17.3 Å². The molecule has 0 aromatic heterocycles. The smallest absolute Gasteiger partial charge is 0.261 e.